The van der Waals surface area contributed by atoms with Crippen LogP contribution in [0.2, 0.25) is 0 Å². The molecule has 0 radical (unpaired) electrons. The fourth-order valence-electron chi connectivity index (χ4n) is 2.32. The standard InChI is InChI=1S/C16H21NO/c1-12(2)15(10-13-6-4-3-5-7-13)16-11-14(18)8-9-17-16/h3-7,14,18H,8-11H2,1-2H3. The fourth-order valence-corrected chi connectivity index (χ4v) is 2.32. The van der Waals surface area contributed by atoms with Crippen molar-refractivity contribution in [1.82, 2.24) is 0 Å². The van der Waals surface area contributed by atoms with Crippen LogP contribution in [0.3, 0.4) is 0 Å². The van der Waals surface area contributed by atoms with Crippen LogP contribution in [0, 0.1) is 0 Å². The number of allylic oxidation sites excluding steroid dienone is 2. The summed E-state index contributed by atoms with van der Waals surface area (Å²) in [5.74, 6) is 0. The molecule has 1 atom stereocenters. The molecule has 0 saturated carbocycles. The van der Waals surface area contributed by atoms with Gasteiger partial charge < -0.3 is 5.11 Å². The Bertz CT molecular complexity index is 455. The number of aliphatic hydroxyl groups excluding tert-OH is 1. The Morgan fingerprint density at radius 3 is 2.61 bits per heavy atom. The van der Waals surface area contributed by atoms with Crippen LogP contribution < -0.4 is 0 Å². The van der Waals surface area contributed by atoms with Gasteiger partial charge in [0, 0.05) is 18.7 Å². The molecule has 1 N–H and O–H groups in total. The van der Waals surface area contributed by atoms with E-state index in [1.165, 1.54) is 16.7 Å². The van der Waals surface area contributed by atoms with E-state index in [4.69, 9.17) is 0 Å². The lowest BCUT2D eigenvalue weighted by Gasteiger charge is -2.21. The zero-order valence-electron chi connectivity index (χ0n) is 11.2. The Balaban J connectivity index is 2.20. The lowest BCUT2D eigenvalue weighted by atomic mass is 9.92. The van der Waals surface area contributed by atoms with Gasteiger partial charge >= 0.3 is 0 Å². The van der Waals surface area contributed by atoms with Crippen molar-refractivity contribution < 1.29 is 5.11 Å². The van der Waals surface area contributed by atoms with Crippen molar-refractivity contribution in [2.45, 2.75) is 39.2 Å². The minimum absolute atomic E-state index is 0.220. The second kappa shape index (κ2) is 5.96. The van der Waals surface area contributed by atoms with E-state index in [-0.39, 0.29) is 6.10 Å². The third-order valence-electron chi connectivity index (χ3n) is 3.37. The Labute approximate surface area is 109 Å². The minimum atomic E-state index is -0.220. The second-order valence-electron chi connectivity index (χ2n) is 5.12. The highest BCUT2D eigenvalue weighted by atomic mass is 16.3. The van der Waals surface area contributed by atoms with Crippen molar-refractivity contribution in [3.8, 4) is 0 Å². The smallest absolute Gasteiger partial charge is 0.0613 e. The molecule has 1 aromatic rings. The number of aliphatic imine (C=N–C) groups is 1. The molecule has 0 spiro atoms. The molecule has 1 aliphatic heterocycles. The van der Waals surface area contributed by atoms with Crippen LogP contribution in [0.25, 0.3) is 0 Å². The highest BCUT2D eigenvalue weighted by molar-refractivity contribution is 6.01. The molecule has 0 aliphatic carbocycles. The first-order chi connectivity index (χ1) is 8.66. The zero-order chi connectivity index (χ0) is 13.0. The number of hydrogen-bond donors (Lipinski definition) is 1. The molecule has 1 aromatic carbocycles. The van der Waals surface area contributed by atoms with E-state index in [0.717, 1.165) is 25.1 Å². The van der Waals surface area contributed by atoms with Crippen molar-refractivity contribution in [1.29, 1.82) is 0 Å². The fraction of sp³-hybridized carbons (Fsp3) is 0.438. The van der Waals surface area contributed by atoms with Crippen molar-refractivity contribution in [3.05, 3.63) is 47.0 Å². The van der Waals surface area contributed by atoms with E-state index in [1.54, 1.807) is 0 Å². The van der Waals surface area contributed by atoms with E-state index in [9.17, 15) is 5.11 Å². The summed E-state index contributed by atoms with van der Waals surface area (Å²) >= 11 is 0. The summed E-state index contributed by atoms with van der Waals surface area (Å²) in [7, 11) is 0. The molecule has 2 nitrogen and oxygen atoms in total. The number of benzene rings is 1. The molecular formula is C16H21NO. The number of rotatable bonds is 3. The van der Waals surface area contributed by atoms with Crippen LogP contribution in [-0.4, -0.2) is 23.5 Å². The van der Waals surface area contributed by atoms with Gasteiger partial charge in [-0.3, -0.25) is 4.99 Å². The summed E-state index contributed by atoms with van der Waals surface area (Å²) in [6, 6.07) is 10.4. The third-order valence-corrected chi connectivity index (χ3v) is 3.37. The van der Waals surface area contributed by atoms with E-state index in [2.05, 4.69) is 43.1 Å². The Hall–Kier alpha value is -1.41. The molecule has 0 aromatic heterocycles. The van der Waals surface area contributed by atoms with Crippen molar-refractivity contribution in [2.75, 3.05) is 6.54 Å². The molecule has 1 aliphatic rings. The molecular weight excluding hydrogens is 222 g/mol. The molecule has 18 heavy (non-hydrogen) atoms. The van der Waals surface area contributed by atoms with Crippen LogP contribution in [-0.2, 0) is 6.42 Å². The van der Waals surface area contributed by atoms with Gasteiger partial charge in [0.15, 0.2) is 0 Å². The van der Waals surface area contributed by atoms with Gasteiger partial charge in [-0.2, -0.15) is 0 Å². The molecule has 2 rings (SSSR count). The second-order valence-corrected chi connectivity index (χ2v) is 5.12. The maximum Gasteiger partial charge on any atom is 0.0613 e. The third kappa shape index (κ3) is 3.30. The van der Waals surface area contributed by atoms with Gasteiger partial charge in [0.25, 0.3) is 0 Å². The first kappa shape index (κ1) is 13.0. The average Bonchev–Trinajstić information content (AvgIpc) is 2.37. The lowest BCUT2D eigenvalue weighted by molar-refractivity contribution is 0.170. The summed E-state index contributed by atoms with van der Waals surface area (Å²) in [5.41, 5.74) is 4.99. The highest BCUT2D eigenvalue weighted by Gasteiger charge is 2.18. The zero-order valence-corrected chi connectivity index (χ0v) is 11.2. The van der Waals surface area contributed by atoms with Gasteiger partial charge in [0.05, 0.1) is 6.10 Å². The summed E-state index contributed by atoms with van der Waals surface area (Å²) in [5, 5.41) is 9.77. The minimum Gasteiger partial charge on any atom is -0.393 e. The van der Waals surface area contributed by atoms with Crippen LogP contribution in [0.1, 0.15) is 32.3 Å². The molecule has 0 fully saturated rings. The van der Waals surface area contributed by atoms with E-state index in [1.807, 2.05) is 6.07 Å². The van der Waals surface area contributed by atoms with Crippen LogP contribution >= 0.6 is 0 Å². The predicted molar refractivity (Wildman–Crippen MR) is 76.1 cm³/mol. The quantitative estimate of drug-likeness (QED) is 0.869. The molecule has 1 heterocycles. The van der Waals surface area contributed by atoms with Gasteiger partial charge in [0.1, 0.15) is 0 Å². The van der Waals surface area contributed by atoms with E-state index in [0.29, 0.717) is 6.42 Å². The monoisotopic (exact) mass is 243 g/mol. The normalized spacial score (nSPS) is 19.3. The van der Waals surface area contributed by atoms with Gasteiger partial charge in [-0.25, -0.2) is 0 Å². The molecule has 0 saturated heterocycles. The van der Waals surface area contributed by atoms with E-state index >= 15 is 0 Å². The highest BCUT2D eigenvalue weighted by Crippen LogP contribution is 2.20. The lowest BCUT2D eigenvalue weighted by Crippen LogP contribution is -2.22. The van der Waals surface area contributed by atoms with Crippen LogP contribution in [0.15, 0.2) is 46.5 Å². The summed E-state index contributed by atoms with van der Waals surface area (Å²) in [4.78, 5) is 4.60. The van der Waals surface area contributed by atoms with Crippen molar-refractivity contribution in [3.63, 3.8) is 0 Å². The average molecular weight is 243 g/mol. The van der Waals surface area contributed by atoms with Gasteiger partial charge in [-0.1, -0.05) is 35.9 Å². The summed E-state index contributed by atoms with van der Waals surface area (Å²) < 4.78 is 0. The Morgan fingerprint density at radius 2 is 2.00 bits per heavy atom. The molecule has 0 bridgehead atoms. The Morgan fingerprint density at radius 1 is 1.28 bits per heavy atom. The van der Waals surface area contributed by atoms with Crippen LogP contribution in [0.4, 0.5) is 0 Å². The van der Waals surface area contributed by atoms with Crippen molar-refractivity contribution in [2.24, 2.45) is 4.99 Å². The Kier molecular flexibility index (Phi) is 4.32. The predicted octanol–water partition coefficient (Wildman–Crippen LogP) is 3.16. The SMILES string of the molecule is CC(C)=C(Cc1ccccc1)C1=NCCC(O)C1. The largest absolute Gasteiger partial charge is 0.393 e. The van der Waals surface area contributed by atoms with Gasteiger partial charge in [0.2, 0.25) is 0 Å². The number of hydrogen-bond acceptors (Lipinski definition) is 2. The van der Waals surface area contributed by atoms with Crippen LogP contribution in [0.5, 0.6) is 0 Å². The van der Waals surface area contributed by atoms with Gasteiger partial charge in [-0.15, -0.1) is 0 Å². The molecule has 2 heteroatoms. The van der Waals surface area contributed by atoms with Crippen molar-refractivity contribution >= 4 is 5.71 Å². The molecule has 1 unspecified atom stereocenters. The first-order valence-electron chi connectivity index (χ1n) is 6.59. The topological polar surface area (TPSA) is 32.6 Å². The first-order valence-corrected chi connectivity index (χ1v) is 6.59. The number of nitrogens with zero attached hydrogens (tertiary/aromatic N) is 1. The maximum atomic E-state index is 9.77. The molecule has 96 valence electrons. The summed E-state index contributed by atoms with van der Waals surface area (Å²) in [6.45, 7) is 5.01. The van der Waals surface area contributed by atoms with Gasteiger partial charge in [-0.05, 0) is 37.8 Å². The number of aliphatic hydroxyl groups is 1. The summed E-state index contributed by atoms with van der Waals surface area (Å²) in [6.07, 6.45) is 2.19. The molecule has 0 amide bonds. The van der Waals surface area contributed by atoms with E-state index < -0.39 is 0 Å². The maximum absolute atomic E-state index is 9.77.